The topological polar surface area (TPSA) is 44.0 Å². The maximum atomic E-state index is 14.3. The number of aliphatic hydroxyl groups is 1. The highest BCUT2D eigenvalue weighted by Crippen LogP contribution is 2.55. The van der Waals surface area contributed by atoms with Crippen molar-refractivity contribution < 1.29 is 27.1 Å². The monoisotopic (exact) mass is 415 g/mol. The first-order valence-corrected chi connectivity index (χ1v) is 8.87. The number of hydrogen-bond donors (Lipinski definition) is 1. The second-order valence-corrected chi connectivity index (χ2v) is 7.40. The molecule has 1 N–H and O–H groups in total. The highest BCUT2D eigenvalue weighted by Gasteiger charge is 2.62. The Morgan fingerprint density at radius 2 is 1.82 bits per heavy atom. The lowest BCUT2D eigenvalue weighted by molar-refractivity contribution is -0.271. The Morgan fingerprint density at radius 3 is 2.36 bits per heavy atom. The molecule has 3 rings (SSSR count). The molecule has 28 heavy (non-hydrogen) atoms. The average Bonchev–Trinajstić information content (AvgIpc) is 3.44. The molecule has 0 bridgehead atoms. The molecule has 2 nitrogen and oxygen atoms in total. The molecule has 0 saturated heterocycles. The molecule has 1 saturated carbocycles. The second-order valence-electron chi connectivity index (χ2n) is 7.00. The van der Waals surface area contributed by atoms with Gasteiger partial charge in [-0.05, 0) is 60.2 Å². The van der Waals surface area contributed by atoms with E-state index >= 15 is 0 Å². The molecule has 0 spiro atoms. The Kier molecular flexibility index (Phi) is 5.39. The van der Waals surface area contributed by atoms with Gasteiger partial charge in [0.1, 0.15) is 11.6 Å². The van der Waals surface area contributed by atoms with Crippen LogP contribution in [0.2, 0.25) is 5.02 Å². The summed E-state index contributed by atoms with van der Waals surface area (Å²) in [4.78, 5) is 0. The summed E-state index contributed by atoms with van der Waals surface area (Å²) < 4.78 is 70.2. The smallest absolute Gasteiger partial charge is 0.380 e. The van der Waals surface area contributed by atoms with Crippen molar-refractivity contribution in [3.63, 3.8) is 0 Å². The molecule has 1 fully saturated rings. The van der Waals surface area contributed by atoms with Gasteiger partial charge in [-0.25, -0.2) is 8.78 Å². The van der Waals surface area contributed by atoms with Crippen molar-refractivity contribution in [1.82, 2.24) is 0 Å². The van der Waals surface area contributed by atoms with Crippen molar-refractivity contribution in [1.29, 1.82) is 5.26 Å². The van der Waals surface area contributed by atoms with E-state index in [1.54, 1.807) is 0 Å². The lowest BCUT2D eigenvalue weighted by atomic mass is 9.74. The van der Waals surface area contributed by atoms with Crippen molar-refractivity contribution in [2.24, 2.45) is 5.92 Å². The molecule has 0 heterocycles. The molecule has 0 aromatic heterocycles. The number of nitriles is 1. The standard InChI is InChI=1S/C20H15ClF5NO/c21-16-7-11(10-27)1-2-13(16)9-19(28,20(24,25)26)18(12-3-4-12)15-8-14(22)5-6-17(15)23/h1-2,5-8,12,18,28H,3-4,9H2. The van der Waals surface area contributed by atoms with Gasteiger partial charge >= 0.3 is 6.18 Å². The first-order valence-electron chi connectivity index (χ1n) is 8.49. The zero-order chi connectivity index (χ0) is 20.7. The summed E-state index contributed by atoms with van der Waals surface area (Å²) in [6, 6.07) is 7.80. The van der Waals surface area contributed by atoms with Gasteiger partial charge in [0, 0.05) is 17.4 Å². The number of halogens is 6. The van der Waals surface area contributed by atoms with Gasteiger partial charge in [0.2, 0.25) is 0 Å². The van der Waals surface area contributed by atoms with Crippen LogP contribution < -0.4 is 0 Å². The van der Waals surface area contributed by atoms with E-state index < -0.39 is 47.2 Å². The van der Waals surface area contributed by atoms with E-state index in [2.05, 4.69) is 0 Å². The highest BCUT2D eigenvalue weighted by atomic mass is 35.5. The predicted molar refractivity (Wildman–Crippen MR) is 92.7 cm³/mol. The fourth-order valence-corrected chi connectivity index (χ4v) is 3.77. The van der Waals surface area contributed by atoms with Crippen LogP contribution in [0.5, 0.6) is 0 Å². The molecule has 2 atom stereocenters. The third-order valence-corrected chi connectivity index (χ3v) is 5.39. The van der Waals surface area contributed by atoms with Gasteiger partial charge < -0.3 is 5.11 Å². The highest BCUT2D eigenvalue weighted by molar-refractivity contribution is 6.31. The maximum Gasteiger partial charge on any atom is 0.418 e. The summed E-state index contributed by atoms with van der Waals surface area (Å²) in [5.41, 5.74) is -3.75. The van der Waals surface area contributed by atoms with Crippen molar-refractivity contribution >= 4 is 11.6 Å². The molecule has 2 aromatic carbocycles. The van der Waals surface area contributed by atoms with E-state index in [1.807, 2.05) is 6.07 Å². The summed E-state index contributed by atoms with van der Waals surface area (Å²) in [6.45, 7) is 0. The van der Waals surface area contributed by atoms with Crippen molar-refractivity contribution in [2.45, 2.75) is 37.0 Å². The van der Waals surface area contributed by atoms with Crippen LogP contribution in [-0.2, 0) is 6.42 Å². The summed E-state index contributed by atoms with van der Waals surface area (Å²) in [5.74, 6) is -4.22. The fraction of sp³-hybridized carbons (Fsp3) is 0.350. The summed E-state index contributed by atoms with van der Waals surface area (Å²) >= 11 is 6.00. The zero-order valence-electron chi connectivity index (χ0n) is 14.4. The first-order chi connectivity index (χ1) is 13.1. The Labute approximate surface area is 163 Å². The van der Waals surface area contributed by atoms with E-state index in [0.29, 0.717) is 18.9 Å². The van der Waals surface area contributed by atoms with Crippen LogP contribution in [0.25, 0.3) is 0 Å². The van der Waals surface area contributed by atoms with E-state index in [0.717, 1.165) is 12.1 Å². The maximum absolute atomic E-state index is 14.3. The van der Waals surface area contributed by atoms with Gasteiger partial charge in [-0.3, -0.25) is 0 Å². The van der Waals surface area contributed by atoms with E-state index in [4.69, 9.17) is 16.9 Å². The van der Waals surface area contributed by atoms with Gasteiger partial charge in [0.05, 0.1) is 11.6 Å². The number of alkyl halides is 3. The molecule has 1 aliphatic carbocycles. The van der Waals surface area contributed by atoms with Crippen LogP contribution in [0.3, 0.4) is 0 Å². The lowest BCUT2D eigenvalue weighted by Gasteiger charge is -2.39. The number of rotatable bonds is 5. The van der Waals surface area contributed by atoms with Crippen molar-refractivity contribution in [2.75, 3.05) is 0 Å². The van der Waals surface area contributed by atoms with Crippen LogP contribution in [0.15, 0.2) is 36.4 Å². The zero-order valence-corrected chi connectivity index (χ0v) is 15.2. The fourth-order valence-electron chi connectivity index (χ4n) is 3.52. The van der Waals surface area contributed by atoms with Gasteiger partial charge in [-0.2, -0.15) is 18.4 Å². The average molecular weight is 416 g/mol. The Hall–Kier alpha value is -2.17. The van der Waals surface area contributed by atoms with Crippen molar-refractivity contribution in [3.05, 3.63) is 69.7 Å². The SMILES string of the molecule is N#Cc1ccc(CC(O)(C(c2cc(F)ccc2F)C2CC2)C(F)(F)F)c(Cl)c1. The molecule has 8 heteroatoms. The Balaban J connectivity index is 2.12. The summed E-state index contributed by atoms with van der Waals surface area (Å²) in [5, 5.41) is 19.6. The van der Waals surface area contributed by atoms with Crippen LogP contribution >= 0.6 is 11.6 Å². The van der Waals surface area contributed by atoms with E-state index in [9.17, 15) is 27.1 Å². The molecule has 0 aliphatic heterocycles. The number of benzene rings is 2. The number of hydrogen-bond acceptors (Lipinski definition) is 2. The number of nitrogens with zero attached hydrogens (tertiary/aromatic N) is 1. The minimum Gasteiger partial charge on any atom is -0.380 e. The second kappa shape index (κ2) is 7.34. The quantitative estimate of drug-likeness (QED) is 0.653. The van der Waals surface area contributed by atoms with Crippen LogP contribution in [0.4, 0.5) is 22.0 Å². The molecular formula is C20H15ClF5NO. The van der Waals surface area contributed by atoms with Gasteiger partial charge in [-0.15, -0.1) is 0 Å². The van der Waals surface area contributed by atoms with Crippen LogP contribution in [-0.4, -0.2) is 16.9 Å². The predicted octanol–water partition coefficient (Wildman–Crippen LogP) is 5.52. The molecular weight excluding hydrogens is 401 g/mol. The molecule has 0 radical (unpaired) electrons. The van der Waals surface area contributed by atoms with Gasteiger partial charge in [-0.1, -0.05) is 17.7 Å². The molecule has 148 valence electrons. The minimum atomic E-state index is -5.13. The van der Waals surface area contributed by atoms with E-state index in [1.165, 1.54) is 18.2 Å². The van der Waals surface area contributed by atoms with Gasteiger partial charge in [0.15, 0.2) is 5.60 Å². The Bertz CT molecular complexity index is 935. The first kappa shape index (κ1) is 20.6. The summed E-state index contributed by atoms with van der Waals surface area (Å²) in [6.07, 6.45) is -5.35. The Morgan fingerprint density at radius 1 is 1.14 bits per heavy atom. The van der Waals surface area contributed by atoms with Gasteiger partial charge in [0.25, 0.3) is 0 Å². The molecule has 2 aromatic rings. The van der Waals surface area contributed by atoms with E-state index in [-0.39, 0.29) is 16.1 Å². The van der Waals surface area contributed by atoms with Crippen LogP contribution in [0, 0.1) is 28.9 Å². The van der Waals surface area contributed by atoms with Crippen molar-refractivity contribution in [3.8, 4) is 6.07 Å². The normalized spacial score (nSPS) is 17.6. The molecule has 1 aliphatic rings. The molecule has 2 unspecified atom stereocenters. The molecule has 0 amide bonds. The minimum absolute atomic E-state index is 0.0389. The third kappa shape index (κ3) is 3.85. The van der Waals surface area contributed by atoms with Crippen LogP contribution in [0.1, 0.15) is 35.4 Å². The lowest BCUT2D eigenvalue weighted by Crippen LogP contribution is -2.53. The largest absolute Gasteiger partial charge is 0.418 e. The third-order valence-electron chi connectivity index (χ3n) is 5.03. The summed E-state index contributed by atoms with van der Waals surface area (Å²) in [7, 11) is 0.